The summed E-state index contributed by atoms with van der Waals surface area (Å²) in [6.45, 7) is 1.72. The number of carbonyl (C=O) groups excluding carboxylic acids is 1. The molecule has 0 spiro atoms. The van der Waals surface area contributed by atoms with Gasteiger partial charge in [0.1, 0.15) is 11.3 Å². The van der Waals surface area contributed by atoms with Crippen molar-refractivity contribution in [2.24, 2.45) is 0 Å². The minimum Gasteiger partial charge on any atom is -0.495 e. The van der Waals surface area contributed by atoms with E-state index in [4.69, 9.17) is 16.3 Å². The first kappa shape index (κ1) is 22.3. The zero-order valence-corrected chi connectivity index (χ0v) is 19.0. The maximum Gasteiger partial charge on any atom is 0.319 e. The second-order valence-electron chi connectivity index (χ2n) is 7.30. The van der Waals surface area contributed by atoms with Crippen molar-refractivity contribution in [3.63, 3.8) is 0 Å². The summed E-state index contributed by atoms with van der Waals surface area (Å²) in [4.78, 5) is 12.4. The molecule has 1 aromatic heterocycles. The molecule has 1 aliphatic rings. The van der Waals surface area contributed by atoms with E-state index in [2.05, 4.69) is 20.9 Å². The minimum atomic E-state index is -3.52. The molecule has 2 N–H and O–H groups in total. The molecular formula is C20H23ClN6O4S. The van der Waals surface area contributed by atoms with Crippen LogP contribution in [0.4, 0.5) is 10.5 Å². The van der Waals surface area contributed by atoms with Crippen LogP contribution in [0.5, 0.6) is 5.75 Å². The number of aromatic nitrogens is 3. The predicted molar refractivity (Wildman–Crippen MR) is 121 cm³/mol. The van der Waals surface area contributed by atoms with Gasteiger partial charge in [0.2, 0.25) is 10.0 Å². The first-order chi connectivity index (χ1) is 15.4. The van der Waals surface area contributed by atoms with Crippen LogP contribution in [-0.2, 0) is 16.6 Å². The molecule has 1 fully saturated rings. The Labute approximate surface area is 190 Å². The van der Waals surface area contributed by atoms with Gasteiger partial charge in [-0.15, -0.1) is 5.10 Å². The van der Waals surface area contributed by atoms with Gasteiger partial charge in [-0.2, -0.15) is 4.31 Å². The Bertz CT molecular complexity index is 1240. The highest BCUT2D eigenvalue weighted by Crippen LogP contribution is 2.27. The first-order valence-corrected chi connectivity index (χ1v) is 11.9. The summed E-state index contributed by atoms with van der Waals surface area (Å²) in [5, 5.41) is 14.1. The summed E-state index contributed by atoms with van der Waals surface area (Å²) in [6, 6.07) is 9.31. The number of methoxy groups -OCH3 is 1. The van der Waals surface area contributed by atoms with Crippen molar-refractivity contribution in [2.45, 2.75) is 24.3 Å². The number of benzene rings is 2. The summed E-state index contributed by atoms with van der Waals surface area (Å²) in [6.07, 6.45) is 1.75. The van der Waals surface area contributed by atoms with Crippen LogP contribution in [0.3, 0.4) is 0 Å². The second kappa shape index (κ2) is 9.31. The first-order valence-electron chi connectivity index (χ1n) is 10.1. The maximum absolute atomic E-state index is 12.7. The van der Waals surface area contributed by atoms with Crippen LogP contribution in [0, 0.1) is 0 Å². The van der Waals surface area contributed by atoms with Gasteiger partial charge in [0.05, 0.1) is 29.8 Å². The van der Waals surface area contributed by atoms with E-state index in [-0.39, 0.29) is 11.4 Å². The molecule has 2 amide bonds. The number of rotatable bonds is 7. The molecule has 170 valence electrons. The van der Waals surface area contributed by atoms with Gasteiger partial charge < -0.3 is 15.4 Å². The third-order valence-corrected chi connectivity index (χ3v) is 7.34. The lowest BCUT2D eigenvalue weighted by atomic mass is 10.3. The SMILES string of the molecule is COc1ccc(Cl)cc1NC(=O)NCCn1nnc2cc(S(=O)(=O)N3CCCC3)ccc21. The molecule has 1 aliphatic heterocycles. The van der Waals surface area contributed by atoms with Crippen molar-refractivity contribution in [1.29, 1.82) is 0 Å². The van der Waals surface area contributed by atoms with E-state index in [0.717, 1.165) is 12.8 Å². The van der Waals surface area contributed by atoms with Crippen LogP contribution < -0.4 is 15.4 Å². The third kappa shape index (κ3) is 4.64. The Hall–Kier alpha value is -2.89. The topological polar surface area (TPSA) is 118 Å². The summed E-state index contributed by atoms with van der Waals surface area (Å²) >= 11 is 5.97. The van der Waals surface area contributed by atoms with E-state index in [1.54, 1.807) is 35.0 Å². The van der Waals surface area contributed by atoms with Crippen molar-refractivity contribution in [3.05, 3.63) is 41.4 Å². The average molecular weight is 479 g/mol. The number of halogens is 1. The molecule has 10 nitrogen and oxygen atoms in total. The zero-order chi connectivity index (χ0) is 22.7. The van der Waals surface area contributed by atoms with Crippen molar-refractivity contribution < 1.29 is 17.9 Å². The number of carbonyl (C=O) groups is 1. The van der Waals surface area contributed by atoms with E-state index >= 15 is 0 Å². The summed E-state index contributed by atoms with van der Waals surface area (Å²) in [7, 11) is -2.01. The molecular weight excluding hydrogens is 456 g/mol. The number of urea groups is 1. The lowest BCUT2D eigenvalue weighted by molar-refractivity contribution is 0.251. The van der Waals surface area contributed by atoms with Crippen LogP contribution in [0.25, 0.3) is 11.0 Å². The lowest BCUT2D eigenvalue weighted by Gasteiger charge is -2.15. The fourth-order valence-electron chi connectivity index (χ4n) is 3.57. The molecule has 4 rings (SSSR count). The van der Waals surface area contributed by atoms with Crippen LogP contribution >= 0.6 is 11.6 Å². The van der Waals surface area contributed by atoms with Gasteiger partial charge in [-0.05, 0) is 49.2 Å². The summed E-state index contributed by atoms with van der Waals surface area (Å²) < 4.78 is 33.8. The molecule has 32 heavy (non-hydrogen) atoms. The average Bonchev–Trinajstić information content (AvgIpc) is 3.44. The monoisotopic (exact) mass is 478 g/mol. The number of anilines is 1. The molecule has 0 atom stereocenters. The lowest BCUT2D eigenvalue weighted by Crippen LogP contribution is -2.31. The van der Waals surface area contributed by atoms with Gasteiger partial charge in [-0.1, -0.05) is 16.8 Å². The number of nitrogens with zero attached hydrogens (tertiary/aromatic N) is 4. The van der Waals surface area contributed by atoms with Crippen molar-refractivity contribution in [2.75, 3.05) is 32.1 Å². The van der Waals surface area contributed by atoms with E-state index in [0.29, 0.717) is 47.1 Å². The highest BCUT2D eigenvalue weighted by molar-refractivity contribution is 7.89. The Balaban J connectivity index is 1.39. The summed E-state index contributed by atoms with van der Waals surface area (Å²) in [5.74, 6) is 0.492. The van der Waals surface area contributed by atoms with Gasteiger partial charge in [0, 0.05) is 24.7 Å². The van der Waals surface area contributed by atoms with Crippen molar-refractivity contribution >= 4 is 44.4 Å². The zero-order valence-electron chi connectivity index (χ0n) is 17.4. The van der Waals surface area contributed by atoms with Crippen LogP contribution in [0.1, 0.15) is 12.8 Å². The van der Waals surface area contributed by atoms with Gasteiger partial charge in [0.25, 0.3) is 0 Å². The smallest absolute Gasteiger partial charge is 0.319 e. The Morgan fingerprint density at radius 1 is 1.19 bits per heavy atom. The van der Waals surface area contributed by atoms with E-state index in [9.17, 15) is 13.2 Å². The Kier molecular flexibility index (Phi) is 6.49. The van der Waals surface area contributed by atoms with E-state index < -0.39 is 16.1 Å². The van der Waals surface area contributed by atoms with Gasteiger partial charge in [0.15, 0.2) is 0 Å². The van der Waals surface area contributed by atoms with Gasteiger partial charge in [-0.25, -0.2) is 17.9 Å². The molecule has 3 aromatic rings. The number of hydrogen-bond acceptors (Lipinski definition) is 6. The minimum absolute atomic E-state index is 0.215. The van der Waals surface area contributed by atoms with Crippen LogP contribution in [0.15, 0.2) is 41.3 Å². The Morgan fingerprint density at radius 3 is 2.72 bits per heavy atom. The number of fused-ring (bicyclic) bond motifs is 1. The summed E-state index contributed by atoms with van der Waals surface area (Å²) in [5.41, 5.74) is 1.62. The van der Waals surface area contributed by atoms with Gasteiger partial charge in [-0.3, -0.25) is 0 Å². The van der Waals surface area contributed by atoms with E-state index in [1.807, 2.05) is 0 Å². The molecule has 2 aromatic carbocycles. The molecule has 0 bridgehead atoms. The Morgan fingerprint density at radius 2 is 1.97 bits per heavy atom. The normalized spacial score (nSPS) is 14.6. The standard InChI is InChI=1S/C20H23ClN6O4S/c1-31-19-7-4-14(21)12-17(19)23-20(28)22-8-11-27-18-6-5-15(13-16(18)24-25-27)32(29,30)26-9-2-3-10-26/h4-7,12-13H,2-3,8-11H2,1H3,(H2,22,23,28). The fourth-order valence-corrected chi connectivity index (χ4v) is 5.28. The highest BCUT2D eigenvalue weighted by atomic mass is 35.5. The largest absolute Gasteiger partial charge is 0.495 e. The maximum atomic E-state index is 12.7. The molecule has 12 heteroatoms. The fraction of sp³-hybridized carbons (Fsp3) is 0.350. The number of amides is 2. The quantitative estimate of drug-likeness (QED) is 0.539. The predicted octanol–water partition coefficient (Wildman–Crippen LogP) is 2.70. The molecule has 0 unspecified atom stereocenters. The van der Waals surface area contributed by atoms with Crippen LogP contribution in [0.2, 0.25) is 5.02 Å². The number of sulfonamides is 1. The molecule has 0 aliphatic carbocycles. The second-order valence-corrected chi connectivity index (χ2v) is 9.67. The van der Waals surface area contributed by atoms with Crippen LogP contribution in [-0.4, -0.2) is 60.5 Å². The molecule has 0 radical (unpaired) electrons. The van der Waals surface area contributed by atoms with Crippen molar-refractivity contribution in [1.82, 2.24) is 24.6 Å². The number of hydrogen-bond donors (Lipinski definition) is 2. The van der Waals surface area contributed by atoms with Gasteiger partial charge >= 0.3 is 6.03 Å². The molecule has 0 saturated carbocycles. The van der Waals surface area contributed by atoms with Crippen molar-refractivity contribution in [3.8, 4) is 5.75 Å². The highest BCUT2D eigenvalue weighted by Gasteiger charge is 2.27. The number of nitrogens with one attached hydrogen (secondary N) is 2. The molecule has 2 heterocycles. The molecule has 1 saturated heterocycles. The van der Waals surface area contributed by atoms with E-state index in [1.165, 1.54) is 17.5 Å². The third-order valence-electron chi connectivity index (χ3n) is 5.21. The number of ether oxygens (including phenoxy) is 1.